The number of hydrogen-bond acceptors (Lipinski definition) is 5. The molecule has 0 spiro atoms. The maximum Gasteiger partial charge on any atom is 0.272 e. The van der Waals surface area contributed by atoms with Gasteiger partial charge in [0, 0.05) is 30.4 Å². The molecule has 0 unspecified atom stereocenters. The number of rotatable bonds is 3. The highest BCUT2D eigenvalue weighted by Gasteiger charge is 2.44. The van der Waals surface area contributed by atoms with Crippen LogP contribution < -0.4 is 4.74 Å². The van der Waals surface area contributed by atoms with E-state index in [1.165, 1.54) is 0 Å². The van der Waals surface area contributed by atoms with Gasteiger partial charge in [0.15, 0.2) is 0 Å². The number of aliphatic hydroxyl groups is 1. The Hall–Kier alpha value is -2.99. The molecule has 3 heterocycles. The first-order valence-corrected chi connectivity index (χ1v) is 10.9. The van der Waals surface area contributed by atoms with Gasteiger partial charge in [-0.1, -0.05) is 24.3 Å². The second-order valence-corrected chi connectivity index (χ2v) is 8.88. The number of hydrogen-bond donors (Lipinski definition) is 1. The van der Waals surface area contributed by atoms with Crippen LogP contribution in [0.3, 0.4) is 0 Å². The van der Waals surface area contributed by atoms with Gasteiger partial charge in [0.1, 0.15) is 17.5 Å². The van der Waals surface area contributed by atoms with Crippen molar-refractivity contribution in [1.29, 1.82) is 0 Å². The molecule has 1 saturated carbocycles. The molecule has 1 saturated heterocycles. The molecular formula is C25H27N3O3. The van der Waals surface area contributed by atoms with E-state index >= 15 is 0 Å². The van der Waals surface area contributed by atoms with Gasteiger partial charge < -0.3 is 14.7 Å². The van der Waals surface area contributed by atoms with E-state index in [9.17, 15) is 9.90 Å². The summed E-state index contributed by atoms with van der Waals surface area (Å²) in [6.07, 6.45) is 2.31. The Morgan fingerprint density at radius 2 is 1.81 bits per heavy atom. The fourth-order valence-corrected chi connectivity index (χ4v) is 5.01. The summed E-state index contributed by atoms with van der Waals surface area (Å²) in [5, 5.41) is 12.8. The van der Waals surface area contributed by atoms with Crippen LogP contribution >= 0.6 is 0 Å². The zero-order chi connectivity index (χ0) is 21.5. The highest BCUT2D eigenvalue weighted by atomic mass is 16.5. The number of aliphatic hydroxyl groups excluding tert-OH is 1. The van der Waals surface area contributed by atoms with E-state index in [2.05, 4.69) is 9.97 Å². The molecular weight excluding hydrogens is 390 g/mol. The Morgan fingerprint density at radius 3 is 2.58 bits per heavy atom. The molecule has 2 aromatic heterocycles. The first kappa shape index (κ1) is 19.9. The first-order chi connectivity index (χ1) is 15.0. The Balaban J connectivity index is 1.29. The second kappa shape index (κ2) is 7.93. The van der Waals surface area contributed by atoms with Crippen LogP contribution in [0.25, 0.3) is 10.8 Å². The molecule has 1 aromatic carbocycles. The molecule has 31 heavy (non-hydrogen) atoms. The van der Waals surface area contributed by atoms with Crippen molar-refractivity contribution in [3.05, 3.63) is 65.7 Å². The Labute approximate surface area is 181 Å². The number of likely N-dealkylation sites (tertiary alicyclic amines) is 1. The number of ether oxygens (including phenoxy) is 1. The summed E-state index contributed by atoms with van der Waals surface area (Å²) >= 11 is 0. The fraction of sp³-hybridized carbons (Fsp3) is 0.400. The van der Waals surface area contributed by atoms with Crippen LogP contribution in [0.2, 0.25) is 0 Å². The molecule has 1 aliphatic heterocycles. The Bertz CT molecular complexity index is 1130. The van der Waals surface area contributed by atoms with Crippen LogP contribution in [0, 0.1) is 25.7 Å². The number of amides is 1. The molecule has 6 nitrogen and oxygen atoms in total. The van der Waals surface area contributed by atoms with Gasteiger partial charge in [-0.15, -0.1) is 0 Å². The average Bonchev–Trinajstić information content (AvgIpc) is 3.17. The first-order valence-electron chi connectivity index (χ1n) is 10.9. The Morgan fingerprint density at radius 1 is 1.06 bits per heavy atom. The molecule has 2 fully saturated rings. The Kier molecular flexibility index (Phi) is 5.10. The molecule has 1 aliphatic carbocycles. The van der Waals surface area contributed by atoms with Crippen LogP contribution in [0.1, 0.15) is 34.7 Å². The van der Waals surface area contributed by atoms with Crippen LogP contribution in [0.4, 0.5) is 0 Å². The fourth-order valence-electron chi connectivity index (χ4n) is 5.01. The molecule has 160 valence electrons. The summed E-state index contributed by atoms with van der Waals surface area (Å²) in [5.41, 5.74) is 2.26. The van der Waals surface area contributed by atoms with E-state index in [0.717, 1.165) is 34.3 Å². The van der Waals surface area contributed by atoms with Crippen molar-refractivity contribution >= 4 is 16.7 Å². The third-order valence-electron chi connectivity index (χ3n) is 6.68. The lowest BCUT2D eigenvalue weighted by Crippen LogP contribution is -2.42. The van der Waals surface area contributed by atoms with Gasteiger partial charge >= 0.3 is 0 Å². The zero-order valence-electron chi connectivity index (χ0n) is 17.9. The minimum absolute atomic E-state index is 0.0364. The highest BCUT2D eigenvalue weighted by molar-refractivity contribution is 5.96. The molecule has 1 N–H and O–H groups in total. The summed E-state index contributed by atoms with van der Waals surface area (Å²) < 4.78 is 6.16. The van der Waals surface area contributed by atoms with Crippen molar-refractivity contribution in [3.63, 3.8) is 0 Å². The lowest BCUT2D eigenvalue weighted by molar-refractivity contribution is -0.0236. The number of nitrogens with zero attached hydrogens (tertiary/aromatic N) is 3. The van der Waals surface area contributed by atoms with Gasteiger partial charge in [-0.2, -0.15) is 0 Å². The third kappa shape index (κ3) is 3.88. The molecule has 0 radical (unpaired) electrons. The van der Waals surface area contributed by atoms with Crippen molar-refractivity contribution in [2.45, 2.75) is 38.9 Å². The summed E-state index contributed by atoms with van der Waals surface area (Å²) in [5.74, 6) is 1.29. The standard InChI is InChI=1S/C25H27N3O3/c1-15-7-8-23(16(2)27-15)31-24-11-20-14-28(13-19(20)10-22(24)29)25(30)21-9-17-5-3-4-6-18(17)12-26-21/h3-9,12,19-20,22,24,29H,10-11,13-14H2,1-2H3/t19-,20+,22+,24+/m0/s1. The smallest absolute Gasteiger partial charge is 0.272 e. The van der Waals surface area contributed by atoms with Gasteiger partial charge in [-0.3, -0.25) is 14.8 Å². The van der Waals surface area contributed by atoms with Crippen molar-refractivity contribution in [1.82, 2.24) is 14.9 Å². The van der Waals surface area contributed by atoms with E-state index in [0.29, 0.717) is 31.1 Å². The second-order valence-electron chi connectivity index (χ2n) is 8.88. The predicted molar refractivity (Wildman–Crippen MR) is 118 cm³/mol. The lowest BCUT2D eigenvalue weighted by Gasteiger charge is -2.35. The van der Waals surface area contributed by atoms with E-state index in [1.54, 1.807) is 6.20 Å². The maximum absolute atomic E-state index is 13.1. The van der Waals surface area contributed by atoms with Crippen molar-refractivity contribution in [2.24, 2.45) is 11.8 Å². The minimum Gasteiger partial charge on any atom is -0.486 e. The molecule has 1 amide bonds. The van der Waals surface area contributed by atoms with Crippen molar-refractivity contribution in [3.8, 4) is 5.75 Å². The predicted octanol–water partition coefficient (Wildman–Crippen LogP) is 3.54. The number of fused-ring (bicyclic) bond motifs is 2. The number of pyridine rings is 2. The topological polar surface area (TPSA) is 75.5 Å². The normalized spacial score (nSPS) is 25.5. The quantitative estimate of drug-likeness (QED) is 0.706. The van der Waals surface area contributed by atoms with Crippen LogP contribution in [-0.4, -0.2) is 51.2 Å². The number of carbonyl (C=O) groups excluding carboxylic acids is 1. The SMILES string of the molecule is Cc1ccc(O[C@@H]2C[C@@H]3CN(C(=O)c4cc5ccccc5cn4)C[C@@H]3C[C@H]2O)c(C)n1. The minimum atomic E-state index is -0.546. The monoisotopic (exact) mass is 417 g/mol. The van der Waals surface area contributed by atoms with Gasteiger partial charge in [-0.05, 0) is 62.1 Å². The highest BCUT2D eigenvalue weighted by Crippen LogP contribution is 2.38. The lowest BCUT2D eigenvalue weighted by atomic mass is 9.78. The van der Waals surface area contributed by atoms with E-state index in [4.69, 9.17) is 4.74 Å². The summed E-state index contributed by atoms with van der Waals surface area (Å²) in [6, 6.07) is 13.6. The summed E-state index contributed by atoms with van der Waals surface area (Å²) in [4.78, 5) is 23.9. The zero-order valence-corrected chi connectivity index (χ0v) is 17.9. The largest absolute Gasteiger partial charge is 0.486 e. The molecule has 5 rings (SSSR count). The average molecular weight is 418 g/mol. The summed E-state index contributed by atoms with van der Waals surface area (Å²) in [6.45, 7) is 5.21. The van der Waals surface area contributed by atoms with Gasteiger partial charge in [0.05, 0.1) is 11.8 Å². The van der Waals surface area contributed by atoms with E-state index in [1.807, 2.05) is 61.2 Å². The van der Waals surface area contributed by atoms with Crippen LogP contribution in [0.5, 0.6) is 5.75 Å². The summed E-state index contributed by atoms with van der Waals surface area (Å²) in [7, 11) is 0. The molecule has 0 bridgehead atoms. The number of aromatic nitrogens is 2. The van der Waals surface area contributed by atoms with Crippen LogP contribution in [0.15, 0.2) is 48.7 Å². The number of aryl methyl sites for hydroxylation is 2. The van der Waals surface area contributed by atoms with Gasteiger partial charge in [-0.25, -0.2) is 0 Å². The van der Waals surface area contributed by atoms with E-state index in [-0.39, 0.29) is 17.9 Å². The van der Waals surface area contributed by atoms with Crippen molar-refractivity contribution < 1.29 is 14.6 Å². The third-order valence-corrected chi connectivity index (χ3v) is 6.68. The maximum atomic E-state index is 13.1. The molecule has 4 atom stereocenters. The number of benzene rings is 1. The van der Waals surface area contributed by atoms with Crippen LogP contribution in [-0.2, 0) is 0 Å². The molecule has 3 aromatic rings. The molecule has 2 aliphatic rings. The van der Waals surface area contributed by atoms with Gasteiger partial charge in [0.2, 0.25) is 0 Å². The molecule has 6 heteroatoms. The van der Waals surface area contributed by atoms with E-state index < -0.39 is 6.10 Å². The van der Waals surface area contributed by atoms with Crippen molar-refractivity contribution in [2.75, 3.05) is 13.1 Å². The van der Waals surface area contributed by atoms with Gasteiger partial charge in [0.25, 0.3) is 5.91 Å². The number of carbonyl (C=O) groups is 1.